The summed E-state index contributed by atoms with van der Waals surface area (Å²) in [6.45, 7) is 3.14. The Hall–Kier alpha value is -1.38. The van der Waals surface area contributed by atoms with Crippen molar-refractivity contribution < 1.29 is 4.74 Å². The summed E-state index contributed by atoms with van der Waals surface area (Å²) < 4.78 is 6.11. The van der Waals surface area contributed by atoms with Crippen LogP contribution in [0.4, 0.5) is 0 Å². The van der Waals surface area contributed by atoms with Gasteiger partial charge in [0.15, 0.2) is 0 Å². The second-order valence-corrected chi connectivity index (χ2v) is 6.64. The van der Waals surface area contributed by atoms with Gasteiger partial charge in [-0.1, -0.05) is 30.3 Å². The van der Waals surface area contributed by atoms with Crippen molar-refractivity contribution in [3.05, 3.63) is 47.0 Å². The molecule has 2 atom stereocenters. The summed E-state index contributed by atoms with van der Waals surface area (Å²) in [6.07, 6.45) is 4.67. The van der Waals surface area contributed by atoms with Gasteiger partial charge in [-0.2, -0.15) is 0 Å². The fraction of sp³-hybridized carbons (Fsp3) is 0.474. The van der Waals surface area contributed by atoms with Crippen molar-refractivity contribution in [2.24, 2.45) is 0 Å². The van der Waals surface area contributed by atoms with Gasteiger partial charge in [-0.05, 0) is 67.1 Å². The summed E-state index contributed by atoms with van der Waals surface area (Å²) in [6, 6.07) is 11.7. The van der Waals surface area contributed by atoms with Crippen LogP contribution < -0.4 is 5.32 Å². The summed E-state index contributed by atoms with van der Waals surface area (Å²) in [5.74, 6) is 0. The second-order valence-electron chi connectivity index (χ2n) is 6.64. The lowest BCUT2D eigenvalue weighted by molar-refractivity contribution is -0.0101. The van der Waals surface area contributed by atoms with Crippen LogP contribution in [0.25, 0.3) is 10.8 Å². The van der Waals surface area contributed by atoms with Crippen LogP contribution >= 0.6 is 0 Å². The third kappa shape index (κ3) is 1.93. The fourth-order valence-electron chi connectivity index (χ4n) is 4.34. The zero-order valence-corrected chi connectivity index (χ0v) is 12.9. The number of aryl methyl sites for hydroxylation is 2. The molecule has 0 bridgehead atoms. The van der Waals surface area contributed by atoms with Gasteiger partial charge in [-0.3, -0.25) is 0 Å². The van der Waals surface area contributed by atoms with Crippen molar-refractivity contribution in [3.63, 3.8) is 0 Å². The molecule has 0 aromatic heterocycles. The van der Waals surface area contributed by atoms with E-state index in [4.69, 9.17) is 4.74 Å². The molecular formula is C19H23NO. The van der Waals surface area contributed by atoms with Gasteiger partial charge in [0.05, 0.1) is 11.6 Å². The standard InChI is InChI=1S/C19H23NO/c1-19(11-4-12-21-19)18(20-2)16-10-9-14-8-7-13-5-3-6-15(16)17(13)14/h3,5-6,9-10,18,20H,4,7-8,11-12H2,1-2H3. The SMILES string of the molecule is CNC(c1ccc2c3c(cccc13)CC2)C1(C)CCCO1. The van der Waals surface area contributed by atoms with Crippen LogP contribution in [0.5, 0.6) is 0 Å². The van der Waals surface area contributed by atoms with Crippen molar-refractivity contribution in [2.75, 3.05) is 13.7 Å². The largest absolute Gasteiger partial charge is 0.373 e. The maximum absolute atomic E-state index is 6.11. The van der Waals surface area contributed by atoms with E-state index < -0.39 is 0 Å². The Kier molecular flexibility index (Phi) is 3.05. The van der Waals surface area contributed by atoms with Gasteiger partial charge in [-0.15, -0.1) is 0 Å². The van der Waals surface area contributed by atoms with Crippen LogP contribution in [0.2, 0.25) is 0 Å². The molecule has 2 heteroatoms. The molecule has 1 aliphatic heterocycles. The second kappa shape index (κ2) is 4.82. The topological polar surface area (TPSA) is 21.3 Å². The predicted octanol–water partition coefficient (Wildman–Crippen LogP) is 3.77. The summed E-state index contributed by atoms with van der Waals surface area (Å²) >= 11 is 0. The molecule has 1 saturated heterocycles. The van der Waals surface area contributed by atoms with Crippen LogP contribution in [-0.4, -0.2) is 19.3 Å². The molecule has 0 amide bonds. The van der Waals surface area contributed by atoms with E-state index in [-0.39, 0.29) is 11.6 Å². The van der Waals surface area contributed by atoms with Gasteiger partial charge in [0, 0.05) is 6.61 Å². The zero-order chi connectivity index (χ0) is 14.4. The molecule has 1 N–H and O–H groups in total. The van der Waals surface area contributed by atoms with Gasteiger partial charge < -0.3 is 10.1 Å². The van der Waals surface area contributed by atoms with Gasteiger partial charge in [0.1, 0.15) is 0 Å². The molecule has 2 nitrogen and oxygen atoms in total. The minimum absolute atomic E-state index is 0.0900. The lowest BCUT2D eigenvalue weighted by Gasteiger charge is -2.34. The van der Waals surface area contributed by atoms with E-state index in [1.807, 2.05) is 0 Å². The molecule has 4 rings (SSSR count). The quantitative estimate of drug-likeness (QED) is 0.924. The number of hydrogen-bond donors (Lipinski definition) is 1. The normalized spacial score (nSPS) is 25.6. The third-order valence-electron chi connectivity index (χ3n) is 5.37. The molecule has 21 heavy (non-hydrogen) atoms. The van der Waals surface area contributed by atoms with Gasteiger partial charge in [-0.25, -0.2) is 0 Å². The smallest absolute Gasteiger partial charge is 0.0849 e. The van der Waals surface area contributed by atoms with Crippen LogP contribution in [0.1, 0.15) is 42.5 Å². The van der Waals surface area contributed by atoms with Gasteiger partial charge >= 0.3 is 0 Å². The first-order chi connectivity index (χ1) is 10.2. The Labute approximate surface area is 126 Å². The monoisotopic (exact) mass is 281 g/mol. The van der Waals surface area contributed by atoms with E-state index >= 15 is 0 Å². The highest BCUT2D eigenvalue weighted by atomic mass is 16.5. The Morgan fingerprint density at radius 3 is 2.67 bits per heavy atom. The van der Waals surface area contributed by atoms with Crippen molar-refractivity contribution in [2.45, 2.75) is 44.2 Å². The molecule has 2 unspecified atom stereocenters. The van der Waals surface area contributed by atoms with Gasteiger partial charge in [0.25, 0.3) is 0 Å². The lowest BCUT2D eigenvalue weighted by atomic mass is 9.84. The van der Waals surface area contributed by atoms with Crippen LogP contribution in [0, 0.1) is 0 Å². The molecule has 1 fully saturated rings. The van der Waals surface area contributed by atoms with Crippen molar-refractivity contribution in [1.29, 1.82) is 0 Å². The zero-order valence-electron chi connectivity index (χ0n) is 12.9. The van der Waals surface area contributed by atoms with Gasteiger partial charge in [0.2, 0.25) is 0 Å². The van der Waals surface area contributed by atoms with Crippen molar-refractivity contribution in [3.8, 4) is 0 Å². The van der Waals surface area contributed by atoms with Crippen LogP contribution in [0.15, 0.2) is 30.3 Å². The minimum Gasteiger partial charge on any atom is -0.373 e. The highest BCUT2D eigenvalue weighted by molar-refractivity contribution is 5.93. The summed E-state index contributed by atoms with van der Waals surface area (Å²) in [4.78, 5) is 0. The fourth-order valence-corrected chi connectivity index (χ4v) is 4.34. The summed E-state index contributed by atoms with van der Waals surface area (Å²) in [5.41, 5.74) is 4.32. The average molecular weight is 281 g/mol. The number of nitrogens with one attached hydrogen (secondary N) is 1. The summed E-state index contributed by atoms with van der Waals surface area (Å²) in [7, 11) is 2.06. The van der Waals surface area contributed by atoms with E-state index in [1.165, 1.54) is 40.3 Å². The number of benzene rings is 2. The van der Waals surface area contributed by atoms with Crippen LogP contribution in [-0.2, 0) is 17.6 Å². The molecule has 110 valence electrons. The minimum atomic E-state index is -0.0900. The number of rotatable bonds is 3. The third-order valence-corrected chi connectivity index (χ3v) is 5.37. The van der Waals surface area contributed by atoms with Crippen molar-refractivity contribution in [1.82, 2.24) is 5.32 Å². The average Bonchev–Trinajstić information content (AvgIpc) is 3.11. The maximum Gasteiger partial charge on any atom is 0.0849 e. The van der Waals surface area contributed by atoms with Crippen LogP contribution in [0.3, 0.4) is 0 Å². The first-order valence-electron chi connectivity index (χ1n) is 8.07. The molecule has 0 spiro atoms. The Balaban J connectivity index is 1.90. The van der Waals surface area contributed by atoms with E-state index in [1.54, 1.807) is 0 Å². The van der Waals surface area contributed by atoms with E-state index in [9.17, 15) is 0 Å². The van der Waals surface area contributed by atoms with E-state index in [2.05, 4.69) is 49.6 Å². The molecule has 2 aromatic rings. The predicted molar refractivity (Wildman–Crippen MR) is 86.7 cm³/mol. The highest BCUT2D eigenvalue weighted by Gasteiger charge is 2.39. The van der Waals surface area contributed by atoms with Crippen molar-refractivity contribution >= 4 is 10.8 Å². The van der Waals surface area contributed by atoms with E-state index in [0.717, 1.165) is 19.4 Å². The molecule has 1 heterocycles. The Bertz CT molecular complexity index is 675. The molecule has 1 aliphatic carbocycles. The Morgan fingerprint density at radius 2 is 1.95 bits per heavy atom. The van der Waals surface area contributed by atoms with E-state index in [0.29, 0.717) is 0 Å². The molecule has 0 saturated carbocycles. The molecule has 0 radical (unpaired) electrons. The highest BCUT2D eigenvalue weighted by Crippen LogP contribution is 2.42. The molecular weight excluding hydrogens is 258 g/mol. The first-order valence-corrected chi connectivity index (χ1v) is 8.07. The molecule has 2 aromatic carbocycles. The number of ether oxygens (including phenoxy) is 1. The summed E-state index contributed by atoms with van der Waals surface area (Å²) in [5, 5.41) is 6.44. The number of likely N-dealkylation sites (N-methyl/N-ethyl adjacent to an activating group) is 1. The maximum atomic E-state index is 6.11. The number of hydrogen-bond acceptors (Lipinski definition) is 2. The molecule has 2 aliphatic rings. The Morgan fingerprint density at radius 1 is 1.14 bits per heavy atom. The first kappa shape index (κ1) is 13.3. The lowest BCUT2D eigenvalue weighted by Crippen LogP contribution is -2.39.